The highest BCUT2D eigenvalue weighted by Crippen LogP contribution is 2.36. The normalized spacial score (nSPS) is 17.4. The molecule has 14 nitrogen and oxygen atoms in total. The SMILES string of the molecule is O=C(O)N[C@@H](C(=O)N1CCC[C@H]1c1ncc(-c2ccc(-c3ccc(-c4cnc([C@@H]5CCCN5C(=O)[C@H](NC(=O)O)c5ccccc5)[nH]4)cc3)cc2)[nH]1)c1ccccc1. The third-order valence-electron chi connectivity index (χ3n) is 10.9. The van der Waals surface area contributed by atoms with Gasteiger partial charge in [-0.1, -0.05) is 109 Å². The van der Waals surface area contributed by atoms with E-state index in [0.717, 1.165) is 46.5 Å². The Morgan fingerprint density at radius 3 is 1.28 bits per heavy atom. The molecular formula is C44H42N8O6. The monoisotopic (exact) mass is 778 g/mol. The summed E-state index contributed by atoms with van der Waals surface area (Å²) in [4.78, 5) is 70.2. The van der Waals surface area contributed by atoms with Crippen LogP contribution in [0.25, 0.3) is 33.6 Å². The fourth-order valence-corrected chi connectivity index (χ4v) is 8.06. The van der Waals surface area contributed by atoms with E-state index in [0.29, 0.717) is 48.7 Å². The van der Waals surface area contributed by atoms with Crippen LogP contribution in [0.1, 0.15) is 72.6 Å². The van der Waals surface area contributed by atoms with Crippen LogP contribution in [-0.2, 0) is 9.59 Å². The number of amides is 4. The van der Waals surface area contributed by atoms with Gasteiger partial charge in [0.1, 0.15) is 23.7 Å². The zero-order valence-corrected chi connectivity index (χ0v) is 31.4. The van der Waals surface area contributed by atoms with Crippen molar-refractivity contribution in [1.82, 2.24) is 40.4 Å². The zero-order chi connectivity index (χ0) is 40.2. The van der Waals surface area contributed by atoms with Gasteiger partial charge in [0.25, 0.3) is 11.8 Å². The lowest BCUT2D eigenvalue weighted by Crippen LogP contribution is -2.42. The average molecular weight is 779 g/mol. The molecule has 2 saturated heterocycles. The second kappa shape index (κ2) is 16.5. The molecule has 0 bridgehead atoms. The van der Waals surface area contributed by atoms with Crippen LogP contribution in [0.15, 0.2) is 122 Å². The highest BCUT2D eigenvalue weighted by molar-refractivity contribution is 5.88. The standard InChI is InChI=1S/C44H42N8O6/c53-41(37(49-43(55)56)31-9-3-1-4-10-31)51-23-7-13-35(51)39-45-25-33(47-39)29-19-15-27(16-20-29)28-17-21-30(22-18-28)34-26-46-40(48-34)36-14-8-24-52(36)42(54)38(50-44(57)58)32-11-5-2-6-12-32/h1-6,9-12,15-22,25-26,35-38,49-50H,7-8,13-14,23-24H2,(H,45,47)(H,46,48)(H,55,56)(H,57,58)/t35-,36-,37+,38+/m0/s1. The van der Waals surface area contributed by atoms with Crippen molar-refractivity contribution >= 4 is 24.0 Å². The number of carboxylic acid groups (broad SMARTS) is 2. The van der Waals surface area contributed by atoms with Crippen molar-refractivity contribution in [3.8, 4) is 33.6 Å². The number of carbonyl (C=O) groups excluding carboxylic acids is 2. The van der Waals surface area contributed by atoms with E-state index in [9.17, 15) is 29.4 Å². The van der Waals surface area contributed by atoms with E-state index in [4.69, 9.17) is 0 Å². The number of likely N-dealkylation sites (tertiary alicyclic amines) is 2. The Kier molecular flexibility index (Phi) is 10.7. The number of hydrogen-bond acceptors (Lipinski definition) is 6. The Bertz CT molecular complexity index is 2230. The fraction of sp³-hybridized carbons (Fsp3) is 0.227. The highest BCUT2D eigenvalue weighted by atomic mass is 16.4. The van der Waals surface area contributed by atoms with Gasteiger partial charge in [0.15, 0.2) is 0 Å². The van der Waals surface area contributed by atoms with Crippen molar-refractivity contribution in [2.75, 3.05) is 13.1 Å². The van der Waals surface area contributed by atoms with Crippen molar-refractivity contribution < 1.29 is 29.4 Å². The van der Waals surface area contributed by atoms with E-state index in [1.807, 2.05) is 60.7 Å². The molecule has 58 heavy (non-hydrogen) atoms. The van der Waals surface area contributed by atoms with Gasteiger partial charge in [-0.2, -0.15) is 0 Å². The van der Waals surface area contributed by atoms with E-state index in [1.165, 1.54) is 0 Å². The molecule has 4 amide bonds. The molecule has 4 heterocycles. The van der Waals surface area contributed by atoms with Gasteiger partial charge >= 0.3 is 12.2 Å². The van der Waals surface area contributed by atoms with Crippen LogP contribution in [0.5, 0.6) is 0 Å². The van der Waals surface area contributed by atoms with Crippen LogP contribution >= 0.6 is 0 Å². The molecule has 2 fully saturated rings. The lowest BCUT2D eigenvalue weighted by molar-refractivity contribution is -0.135. The first-order valence-electron chi connectivity index (χ1n) is 19.2. The molecule has 2 aromatic heterocycles. The largest absolute Gasteiger partial charge is 0.465 e. The molecule has 294 valence electrons. The summed E-state index contributed by atoms with van der Waals surface area (Å²) in [5.74, 6) is 0.690. The van der Waals surface area contributed by atoms with Crippen molar-refractivity contribution in [2.45, 2.75) is 49.9 Å². The number of benzene rings is 4. The molecule has 14 heteroatoms. The van der Waals surface area contributed by atoms with Crippen molar-refractivity contribution in [2.24, 2.45) is 0 Å². The molecule has 0 radical (unpaired) electrons. The maximum atomic E-state index is 13.7. The molecule has 6 aromatic rings. The van der Waals surface area contributed by atoms with Gasteiger partial charge in [0, 0.05) is 13.1 Å². The summed E-state index contributed by atoms with van der Waals surface area (Å²) < 4.78 is 0. The molecular weight excluding hydrogens is 737 g/mol. The average Bonchev–Trinajstić information content (AvgIpc) is 4.09. The third-order valence-corrected chi connectivity index (χ3v) is 10.9. The van der Waals surface area contributed by atoms with Crippen molar-refractivity contribution in [3.63, 3.8) is 0 Å². The molecule has 6 N–H and O–H groups in total. The van der Waals surface area contributed by atoms with Gasteiger partial charge in [0.05, 0.1) is 35.9 Å². The number of nitrogens with one attached hydrogen (secondary N) is 4. The first-order chi connectivity index (χ1) is 28.2. The van der Waals surface area contributed by atoms with E-state index in [2.05, 4.69) is 30.6 Å². The number of aromatic amines is 2. The summed E-state index contributed by atoms with van der Waals surface area (Å²) in [5, 5.41) is 23.8. The Labute approximate surface area is 334 Å². The minimum Gasteiger partial charge on any atom is -0.465 e. The van der Waals surface area contributed by atoms with E-state index >= 15 is 0 Å². The number of H-pyrrole nitrogens is 2. The third kappa shape index (κ3) is 7.89. The predicted octanol–water partition coefficient (Wildman–Crippen LogP) is 7.48. The summed E-state index contributed by atoms with van der Waals surface area (Å²) in [6.07, 6.45) is 3.97. The molecule has 2 aliphatic heterocycles. The summed E-state index contributed by atoms with van der Waals surface area (Å²) in [6, 6.07) is 31.3. The molecule has 0 aliphatic carbocycles. The van der Waals surface area contributed by atoms with Gasteiger partial charge in [-0.15, -0.1) is 0 Å². The van der Waals surface area contributed by atoms with Crippen LogP contribution in [0.4, 0.5) is 9.59 Å². The summed E-state index contributed by atoms with van der Waals surface area (Å²) >= 11 is 0. The van der Waals surface area contributed by atoms with E-state index in [-0.39, 0.29) is 23.9 Å². The zero-order valence-electron chi connectivity index (χ0n) is 31.4. The number of nitrogens with zero attached hydrogens (tertiary/aromatic N) is 4. The van der Waals surface area contributed by atoms with Gasteiger partial charge in [-0.25, -0.2) is 19.6 Å². The Morgan fingerprint density at radius 1 is 0.552 bits per heavy atom. The number of aromatic nitrogens is 4. The number of carbonyl (C=O) groups is 4. The van der Waals surface area contributed by atoms with Crippen LogP contribution in [0.2, 0.25) is 0 Å². The topological polar surface area (TPSA) is 197 Å². The highest BCUT2D eigenvalue weighted by Gasteiger charge is 2.38. The van der Waals surface area contributed by atoms with Crippen LogP contribution in [0.3, 0.4) is 0 Å². The second-order valence-corrected chi connectivity index (χ2v) is 14.5. The quantitative estimate of drug-likeness (QED) is 0.0778. The van der Waals surface area contributed by atoms with E-state index < -0.39 is 24.3 Å². The molecule has 0 saturated carbocycles. The van der Waals surface area contributed by atoms with Crippen molar-refractivity contribution in [3.05, 3.63) is 144 Å². The molecule has 2 aliphatic rings. The predicted molar refractivity (Wildman–Crippen MR) is 215 cm³/mol. The Balaban J connectivity index is 0.929. The van der Waals surface area contributed by atoms with Gasteiger partial charge in [0.2, 0.25) is 0 Å². The van der Waals surface area contributed by atoms with E-state index in [1.54, 1.807) is 70.7 Å². The molecule has 4 atom stereocenters. The van der Waals surface area contributed by atoms with Crippen molar-refractivity contribution in [1.29, 1.82) is 0 Å². The maximum Gasteiger partial charge on any atom is 0.405 e. The smallest absolute Gasteiger partial charge is 0.405 e. The fourth-order valence-electron chi connectivity index (χ4n) is 8.06. The summed E-state index contributed by atoms with van der Waals surface area (Å²) in [7, 11) is 0. The van der Waals surface area contributed by atoms with Gasteiger partial charge in [-0.3, -0.25) is 9.59 Å². The van der Waals surface area contributed by atoms with Gasteiger partial charge < -0.3 is 40.6 Å². The summed E-state index contributed by atoms with van der Waals surface area (Å²) in [6.45, 7) is 1.01. The number of rotatable bonds is 11. The molecule has 0 unspecified atom stereocenters. The Morgan fingerprint density at radius 2 is 0.914 bits per heavy atom. The number of hydrogen-bond donors (Lipinski definition) is 6. The van der Waals surface area contributed by atoms with Crippen LogP contribution < -0.4 is 10.6 Å². The lowest BCUT2D eigenvalue weighted by atomic mass is 10.0. The summed E-state index contributed by atoms with van der Waals surface area (Å²) in [5.41, 5.74) is 6.70. The molecule has 0 spiro atoms. The van der Waals surface area contributed by atoms with Crippen LogP contribution in [-0.4, -0.2) is 77.0 Å². The van der Waals surface area contributed by atoms with Crippen LogP contribution in [0, 0.1) is 0 Å². The maximum absolute atomic E-state index is 13.7. The number of imidazole rings is 2. The Hall–Kier alpha value is -7.22. The minimum absolute atomic E-state index is 0.306. The lowest BCUT2D eigenvalue weighted by Gasteiger charge is -2.28. The first-order valence-corrected chi connectivity index (χ1v) is 19.2. The minimum atomic E-state index is -1.26. The second-order valence-electron chi connectivity index (χ2n) is 14.5. The molecule has 8 rings (SSSR count). The molecule has 4 aromatic carbocycles. The first kappa shape index (κ1) is 37.7. The van der Waals surface area contributed by atoms with Gasteiger partial charge in [-0.05, 0) is 59.1 Å².